The van der Waals surface area contributed by atoms with Gasteiger partial charge in [0.2, 0.25) is 0 Å². The molecule has 10 nitrogen and oxygen atoms in total. The second kappa shape index (κ2) is 11.8. The van der Waals surface area contributed by atoms with E-state index in [9.17, 15) is 4.57 Å². The highest BCUT2D eigenvalue weighted by Crippen LogP contribution is 2.48. The van der Waals surface area contributed by atoms with Gasteiger partial charge in [-0.2, -0.15) is 0 Å². The molecule has 1 saturated carbocycles. The van der Waals surface area contributed by atoms with Crippen LogP contribution in [0.3, 0.4) is 0 Å². The summed E-state index contributed by atoms with van der Waals surface area (Å²) in [5, 5.41) is 8.90. The van der Waals surface area contributed by atoms with Crippen LogP contribution in [-0.2, 0) is 4.57 Å². The summed E-state index contributed by atoms with van der Waals surface area (Å²) in [4.78, 5) is 24.1. The van der Waals surface area contributed by atoms with Crippen molar-refractivity contribution in [1.82, 2.24) is 30.2 Å². The van der Waals surface area contributed by atoms with Crippen LogP contribution in [0.4, 0.5) is 17.3 Å². The molecule has 3 aliphatic rings. The Labute approximate surface area is 252 Å². The predicted octanol–water partition coefficient (Wildman–Crippen LogP) is 4.45. The lowest BCUT2D eigenvalue weighted by molar-refractivity contribution is 0.312. The number of aromatic nitrogens is 4. The zero-order chi connectivity index (χ0) is 29.4. The summed E-state index contributed by atoms with van der Waals surface area (Å²) < 4.78 is 19.5. The molecule has 224 valence electrons. The minimum absolute atomic E-state index is 0.549. The molecule has 0 amide bonds. The van der Waals surface area contributed by atoms with Crippen molar-refractivity contribution in [2.24, 2.45) is 0 Å². The Morgan fingerprint density at radius 3 is 2.60 bits per heavy atom. The third kappa shape index (κ3) is 5.71. The number of hydrogen-bond acceptors (Lipinski definition) is 10. The molecule has 0 unspecified atom stereocenters. The Morgan fingerprint density at radius 1 is 1.05 bits per heavy atom. The van der Waals surface area contributed by atoms with Crippen LogP contribution in [0.5, 0.6) is 5.75 Å². The van der Waals surface area contributed by atoms with Crippen molar-refractivity contribution >= 4 is 40.7 Å². The van der Waals surface area contributed by atoms with Gasteiger partial charge in [0.25, 0.3) is 0 Å². The first-order chi connectivity index (χ1) is 21.0. The maximum Gasteiger partial charge on any atom is 0.162 e. The van der Waals surface area contributed by atoms with Crippen molar-refractivity contribution in [3.63, 3.8) is 0 Å². The quantitative estimate of drug-likeness (QED) is 0.283. The summed E-state index contributed by atoms with van der Waals surface area (Å²) in [5.41, 5.74) is 3.79. The first-order valence-corrected chi connectivity index (χ1v) is 17.5. The Hall–Kier alpha value is -3.59. The van der Waals surface area contributed by atoms with Crippen LogP contribution in [0.15, 0.2) is 48.9 Å². The van der Waals surface area contributed by atoms with Gasteiger partial charge in [0.15, 0.2) is 5.82 Å². The molecule has 43 heavy (non-hydrogen) atoms. The zero-order valence-corrected chi connectivity index (χ0v) is 25.8. The van der Waals surface area contributed by atoms with Crippen molar-refractivity contribution in [1.29, 1.82) is 0 Å². The second-order valence-corrected chi connectivity index (χ2v) is 14.9. The maximum absolute atomic E-state index is 13.8. The van der Waals surface area contributed by atoms with E-state index in [0.717, 1.165) is 79.1 Å². The molecule has 1 aliphatic carbocycles. The van der Waals surface area contributed by atoms with E-state index in [-0.39, 0.29) is 0 Å². The third-order valence-corrected chi connectivity index (χ3v) is 12.1. The van der Waals surface area contributed by atoms with E-state index in [1.807, 2.05) is 42.7 Å². The van der Waals surface area contributed by atoms with Gasteiger partial charge in [-0.1, -0.05) is 6.92 Å². The molecule has 2 N–H and O–H groups in total. The molecule has 0 spiro atoms. The molecule has 3 aromatic heterocycles. The van der Waals surface area contributed by atoms with Gasteiger partial charge < -0.3 is 29.7 Å². The van der Waals surface area contributed by atoms with Crippen molar-refractivity contribution in [2.75, 3.05) is 75.5 Å². The minimum Gasteiger partial charge on any atom is -0.495 e. The monoisotopic (exact) mass is 598 g/mol. The average molecular weight is 599 g/mol. The van der Waals surface area contributed by atoms with E-state index < -0.39 is 7.14 Å². The van der Waals surface area contributed by atoms with Gasteiger partial charge in [0, 0.05) is 80.2 Å². The standard InChI is InChI=1S/C32H39N8O2P/c1-3-39-14-16-43(41,17-15-39)24-6-7-26(28(19-24)42-2)36-29-18-23(8-9-35-29)31-37-27-21-34-20-25(22-4-5-22)30(27)32(38-31)40-12-10-33-11-13-40/h6-9,18-22,33H,3-5,10-17H2,1-2H3,(H,35,36). The number of nitrogens with one attached hydrogen (secondary N) is 2. The van der Waals surface area contributed by atoms with Crippen LogP contribution in [0.2, 0.25) is 0 Å². The lowest BCUT2D eigenvalue weighted by atomic mass is 10.1. The number of pyridine rings is 2. The molecular weight excluding hydrogens is 559 g/mol. The number of ether oxygens (including phenoxy) is 1. The van der Waals surface area contributed by atoms with E-state index in [0.29, 0.717) is 35.6 Å². The normalized spacial score (nSPS) is 19.0. The van der Waals surface area contributed by atoms with Gasteiger partial charge >= 0.3 is 0 Å². The van der Waals surface area contributed by atoms with E-state index in [1.54, 1.807) is 13.3 Å². The van der Waals surface area contributed by atoms with Crippen LogP contribution >= 0.6 is 7.14 Å². The lowest BCUT2D eigenvalue weighted by Crippen LogP contribution is -2.44. The van der Waals surface area contributed by atoms with Crippen molar-refractivity contribution in [3.05, 3.63) is 54.5 Å². The first-order valence-electron chi connectivity index (χ1n) is 15.4. The number of methoxy groups -OCH3 is 1. The summed E-state index contributed by atoms with van der Waals surface area (Å²) in [6.45, 7) is 8.57. The van der Waals surface area contributed by atoms with Gasteiger partial charge in [-0.25, -0.2) is 15.0 Å². The molecule has 3 fully saturated rings. The van der Waals surface area contributed by atoms with E-state index >= 15 is 0 Å². The number of piperazine rings is 1. The highest BCUT2D eigenvalue weighted by Gasteiger charge is 2.31. The van der Waals surface area contributed by atoms with Crippen LogP contribution in [0.1, 0.15) is 31.2 Å². The fourth-order valence-corrected chi connectivity index (χ4v) is 8.89. The molecule has 0 atom stereocenters. The number of benzene rings is 1. The van der Waals surface area contributed by atoms with Gasteiger partial charge in [-0.15, -0.1) is 0 Å². The molecule has 1 aromatic carbocycles. The van der Waals surface area contributed by atoms with Gasteiger partial charge in [0.05, 0.1) is 24.5 Å². The predicted molar refractivity (Wildman–Crippen MR) is 173 cm³/mol. The molecule has 5 heterocycles. The second-order valence-electron chi connectivity index (χ2n) is 11.7. The van der Waals surface area contributed by atoms with Crippen molar-refractivity contribution in [2.45, 2.75) is 25.7 Å². The molecule has 2 aliphatic heterocycles. The SMILES string of the molecule is CCN1CCP(=O)(c2ccc(Nc3cc(-c4nc(N5CCNCC5)c5c(C6CC6)cncc5n4)ccn3)c(OC)c2)CC1. The highest BCUT2D eigenvalue weighted by atomic mass is 31.2. The smallest absolute Gasteiger partial charge is 0.162 e. The maximum atomic E-state index is 13.8. The van der Waals surface area contributed by atoms with Gasteiger partial charge in [0.1, 0.15) is 24.5 Å². The fourth-order valence-electron chi connectivity index (χ4n) is 6.24. The molecule has 11 heteroatoms. The Morgan fingerprint density at radius 2 is 1.86 bits per heavy atom. The van der Waals surface area contributed by atoms with Crippen LogP contribution in [0, 0.1) is 0 Å². The Balaban J connectivity index is 1.20. The van der Waals surface area contributed by atoms with Gasteiger partial charge in [-0.3, -0.25) is 4.98 Å². The summed E-state index contributed by atoms with van der Waals surface area (Å²) in [6.07, 6.45) is 9.45. The number of fused-ring (bicyclic) bond motifs is 1. The average Bonchev–Trinajstić information content (AvgIpc) is 3.91. The fraction of sp³-hybridized carbons (Fsp3) is 0.438. The molecule has 4 aromatic rings. The minimum atomic E-state index is -2.44. The number of anilines is 3. The summed E-state index contributed by atoms with van der Waals surface area (Å²) in [6, 6.07) is 9.78. The Bertz CT molecular complexity index is 1680. The van der Waals surface area contributed by atoms with Crippen molar-refractivity contribution in [3.8, 4) is 17.1 Å². The van der Waals surface area contributed by atoms with Crippen molar-refractivity contribution < 1.29 is 9.30 Å². The molecule has 0 bridgehead atoms. The highest BCUT2D eigenvalue weighted by molar-refractivity contribution is 7.71. The number of rotatable bonds is 8. The largest absolute Gasteiger partial charge is 0.495 e. The Kier molecular flexibility index (Phi) is 7.76. The zero-order valence-electron chi connectivity index (χ0n) is 24.9. The van der Waals surface area contributed by atoms with E-state index in [4.69, 9.17) is 14.7 Å². The lowest BCUT2D eigenvalue weighted by Gasteiger charge is -2.31. The molecular formula is C32H39N8O2P. The summed E-state index contributed by atoms with van der Waals surface area (Å²) in [5.74, 6) is 3.51. The van der Waals surface area contributed by atoms with Crippen LogP contribution < -0.4 is 25.6 Å². The van der Waals surface area contributed by atoms with Crippen LogP contribution in [-0.4, -0.2) is 90.1 Å². The van der Waals surface area contributed by atoms with Gasteiger partial charge in [-0.05, 0) is 61.2 Å². The molecule has 0 radical (unpaired) electrons. The van der Waals surface area contributed by atoms with E-state index in [1.165, 1.54) is 18.4 Å². The van der Waals surface area contributed by atoms with Crippen LogP contribution in [0.25, 0.3) is 22.3 Å². The summed E-state index contributed by atoms with van der Waals surface area (Å²) in [7, 11) is -0.797. The number of hydrogen-bond donors (Lipinski definition) is 2. The molecule has 7 rings (SSSR count). The third-order valence-electron chi connectivity index (χ3n) is 8.99. The first kappa shape index (κ1) is 28.2. The topological polar surface area (TPSA) is 108 Å². The van der Waals surface area contributed by atoms with E-state index in [2.05, 4.69) is 37.3 Å². The number of nitrogens with zero attached hydrogens (tertiary/aromatic N) is 6. The molecule has 2 saturated heterocycles. The summed E-state index contributed by atoms with van der Waals surface area (Å²) >= 11 is 0.